The zero-order chi connectivity index (χ0) is 35.8. The van der Waals surface area contributed by atoms with Crippen LogP contribution in [0.5, 0.6) is 0 Å². The molecule has 0 spiro atoms. The molecule has 54 heavy (non-hydrogen) atoms. The minimum atomic E-state index is 0. The first-order valence-corrected chi connectivity index (χ1v) is 18.7. The van der Waals surface area contributed by atoms with Gasteiger partial charge in [0.15, 0.2) is 0 Å². The fraction of sp³-hybridized carbons (Fsp3) is 0.104. The topological polar surface area (TPSA) is 43.6 Å². The number of hydrogen-bond acceptors (Lipinski definition) is 4. The van der Waals surface area contributed by atoms with Crippen molar-refractivity contribution in [3.8, 4) is 33.9 Å². The van der Waals surface area contributed by atoms with Gasteiger partial charge in [0, 0.05) is 36.5 Å². The van der Waals surface area contributed by atoms with Gasteiger partial charge in [-0.25, -0.2) is 0 Å². The molecule has 5 aromatic carbocycles. The van der Waals surface area contributed by atoms with Crippen LogP contribution in [-0.2, 0) is 52.8 Å². The number of pyridine rings is 2. The quantitative estimate of drug-likeness (QED) is 0.136. The van der Waals surface area contributed by atoms with E-state index in [1.165, 1.54) is 42.4 Å². The maximum Gasteiger partial charge on any atom is 3.00 e. The Morgan fingerprint density at radius 3 is 2.09 bits per heavy atom. The van der Waals surface area contributed by atoms with Crippen molar-refractivity contribution in [1.82, 2.24) is 19.5 Å². The number of nitrogens with zero attached hydrogens (tertiary/aromatic N) is 4. The van der Waals surface area contributed by atoms with Crippen LogP contribution < -0.4 is 0 Å². The Morgan fingerprint density at radius 2 is 1.37 bits per heavy atom. The summed E-state index contributed by atoms with van der Waals surface area (Å²) < 4.78 is 4.60. The average molecular weight is 894 g/mol. The van der Waals surface area contributed by atoms with Crippen molar-refractivity contribution in [2.45, 2.75) is 25.7 Å². The van der Waals surface area contributed by atoms with E-state index in [1.807, 2.05) is 96.3 Å². The summed E-state index contributed by atoms with van der Waals surface area (Å²) in [5.74, 6) is 0.947. The number of fused-ring (bicyclic) bond motifs is 3. The molecular formula is C48H37IrN4S. The van der Waals surface area contributed by atoms with Gasteiger partial charge in [-0.1, -0.05) is 78.5 Å². The monoisotopic (exact) mass is 894 g/mol. The fourth-order valence-corrected chi connectivity index (χ4v) is 7.78. The number of benzene rings is 5. The second kappa shape index (κ2) is 17.5. The largest absolute Gasteiger partial charge is 3.00 e. The van der Waals surface area contributed by atoms with Crippen molar-refractivity contribution in [1.29, 1.82) is 0 Å². The average Bonchev–Trinajstić information content (AvgIpc) is 3.84. The Kier molecular flexibility index (Phi) is 12.0. The molecule has 0 aliphatic heterocycles. The van der Waals surface area contributed by atoms with E-state index >= 15 is 0 Å². The molecule has 4 nitrogen and oxygen atoms in total. The predicted octanol–water partition coefficient (Wildman–Crippen LogP) is 11.2. The van der Waals surface area contributed by atoms with Gasteiger partial charge in [-0.2, -0.15) is 11.3 Å². The van der Waals surface area contributed by atoms with Crippen molar-refractivity contribution in [3.63, 3.8) is 0 Å². The molecule has 0 fully saturated rings. The second-order valence-electron chi connectivity index (χ2n) is 13.0. The van der Waals surface area contributed by atoms with Crippen LogP contribution in [0.15, 0.2) is 158 Å². The number of rotatable bonds is 9. The molecule has 0 bridgehead atoms. The summed E-state index contributed by atoms with van der Waals surface area (Å²) in [7, 11) is 2.01. The van der Waals surface area contributed by atoms with Crippen molar-refractivity contribution >= 4 is 31.5 Å². The predicted molar refractivity (Wildman–Crippen MR) is 219 cm³/mol. The summed E-state index contributed by atoms with van der Waals surface area (Å²) in [6.07, 6.45) is 11.6. The van der Waals surface area contributed by atoms with Crippen LogP contribution in [0.2, 0.25) is 0 Å². The Balaban J connectivity index is 0.000000190. The summed E-state index contributed by atoms with van der Waals surface area (Å²) in [6.45, 7) is 0. The van der Waals surface area contributed by atoms with Crippen LogP contribution in [-0.4, -0.2) is 19.5 Å². The third-order valence-corrected chi connectivity index (χ3v) is 10.6. The van der Waals surface area contributed by atoms with Crippen LogP contribution in [0.4, 0.5) is 0 Å². The van der Waals surface area contributed by atoms with E-state index in [2.05, 4.69) is 118 Å². The molecule has 4 aromatic heterocycles. The number of imidazole rings is 1. The SMILES string of the molecule is Cn1ccnc1-c1[c-]cc(CCc2cccc(CCc3ccc(-c4[c-]cccc4)nc3)c2)cc1.[Ir+3].[c-]1ccc2c(sc3ccccc32)c1-c1ccccn1. The van der Waals surface area contributed by atoms with Crippen LogP contribution >= 0.6 is 11.3 Å². The number of thiophene rings is 1. The van der Waals surface area contributed by atoms with Gasteiger partial charge in [0.25, 0.3) is 0 Å². The number of aromatic nitrogens is 4. The smallest absolute Gasteiger partial charge is 0.373 e. The van der Waals surface area contributed by atoms with E-state index in [9.17, 15) is 0 Å². The molecule has 0 radical (unpaired) electrons. The molecule has 0 aliphatic rings. The maximum atomic E-state index is 4.63. The molecule has 0 atom stereocenters. The summed E-state index contributed by atoms with van der Waals surface area (Å²) in [6, 6.07) is 56.2. The number of hydrogen-bond donors (Lipinski definition) is 0. The van der Waals surface area contributed by atoms with Crippen molar-refractivity contribution in [2.75, 3.05) is 0 Å². The Hall–Kier alpha value is -5.52. The van der Waals surface area contributed by atoms with Crippen molar-refractivity contribution < 1.29 is 20.1 Å². The van der Waals surface area contributed by atoms with Crippen LogP contribution in [0.3, 0.4) is 0 Å². The normalized spacial score (nSPS) is 10.8. The van der Waals surface area contributed by atoms with Gasteiger partial charge in [-0.05, 0) is 69.6 Å². The van der Waals surface area contributed by atoms with E-state index in [4.69, 9.17) is 0 Å². The standard InChI is InChI=1S/C31H27N3.C17H10NS.Ir/c1-34-21-20-32-31(34)29-17-14-24(15-18-29)10-11-25-6-5-7-26(22-25)12-13-27-16-19-30(33-23-27)28-8-3-2-4-9-28;1-2-10-16-12(6-1)13-7-5-8-14(17(13)19-16)15-9-3-4-11-18-15;/h2-8,14-17,19-23H,10-13H2,1H3;1-7,9-11H;/q-2;-1;+3. The van der Waals surface area contributed by atoms with Crippen LogP contribution in [0.1, 0.15) is 22.3 Å². The fourth-order valence-electron chi connectivity index (χ4n) is 6.57. The van der Waals surface area contributed by atoms with E-state index in [0.29, 0.717) is 0 Å². The van der Waals surface area contributed by atoms with Gasteiger partial charge in [0.2, 0.25) is 0 Å². The Morgan fingerprint density at radius 1 is 0.574 bits per heavy atom. The van der Waals surface area contributed by atoms with Gasteiger partial charge >= 0.3 is 20.1 Å². The van der Waals surface area contributed by atoms with E-state index in [0.717, 1.165) is 59.6 Å². The molecule has 0 aliphatic carbocycles. The first-order chi connectivity index (χ1) is 26.2. The Bertz CT molecular complexity index is 2560. The van der Waals surface area contributed by atoms with Gasteiger partial charge < -0.3 is 14.5 Å². The maximum absolute atomic E-state index is 4.63. The zero-order valence-corrected chi connectivity index (χ0v) is 33.1. The van der Waals surface area contributed by atoms with E-state index in [1.54, 1.807) is 0 Å². The summed E-state index contributed by atoms with van der Waals surface area (Å²) in [4.78, 5) is 13.5. The minimum absolute atomic E-state index is 0. The van der Waals surface area contributed by atoms with E-state index < -0.39 is 0 Å². The molecule has 4 heterocycles. The molecule has 6 heteroatoms. The van der Waals surface area contributed by atoms with Gasteiger partial charge in [-0.15, -0.1) is 95.1 Å². The van der Waals surface area contributed by atoms with Crippen molar-refractivity contribution in [3.05, 3.63) is 199 Å². The first-order valence-electron chi connectivity index (χ1n) is 17.9. The van der Waals surface area contributed by atoms with Crippen LogP contribution in [0.25, 0.3) is 54.1 Å². The van der Waals surface area contributed by atoms with Crippen LogP contribution in [0, 0.1) is 18.2 Å². The molecule has 0 N–H and O–H groups in total. The molecule has 0 amide bonds. The second-order valence-corrected chi connectivity index (χ2v) is 14.1. The summed E-state index contributed by atoms with van der Waals surface area (Å²) in [5.41, 5.74) is 10.4. The number of aryl methyl sites for hydroxylation is 5. The molecule has 264 valence electrons. The molecule has 9 rings (SSSR count). The molecule has 0 saturated heterocycles. The van der Waals surface area contributed by atoms with Gasteiger partial charge in [0.1, 0.15) is 0 Å². The third-order valence-electron chi connectivity index (χ3n) is 9.40. The molecule has 0 unspecified atom stereocenters. The zero-order valence-electron chi connectivity index (χ0n) is 29.9. The van der Waals surface area contributed by atoms with Crippen molar-refractivity contribution in [2.24, 2.45) is 7.05 Å². The van der Waals surface area contributed by atoms with Gasteiger partial charge in [0.05, 0.1) is 5.82 Å². The third kappa shape index (κ3) is 8.64. The Labute approximate surface area is 334 Å². The minimum Gasteiger partial charge on any atom is -0.373 e. The van der Waals surface area contributed by atoms with Gasteiger partial charge in [-0.3, -0.25) is 4.98 Å². The molecular weight excluding hydrogens is 857 g/mol. The first kappa shape index (κ1) is 36.8. The molecule has 0 saturated carbocycles. The van der Waals surface area contributed by atoms with E-state index in [-0.39, 0.29) is 20.1 Å². The summed E-state index contributed by atoms with van der Waals surface area (Å²) >= 11 is 1.81. The molecule has 9 aromatic rings. The summed E-state index contributed by atoms with van der Waals surface area (Å²) in [5, 5.41) is 2.61.